The first-order chi connectivity index (χ1) is 48.9. The van der Waals surface area contributed by atoms with Gasteiger partial charge in [0.05, 0.1) is 72.1 Å². The van der Waals surface area contributed by atoms with Gasteiger partial charge in [-0.25, -0.2) is 0 Å². The second-order valence-corrected chi connectivity index (χ2v) is 26.5. The first-order valence-electron chi connectivity index (χ1n) is 37.3. The summed E-state index contributed by atoms with van der Waals surface area (Å²) < 4.78 is 62.2. The van der Waals surface area contributed by atoms with Gasteiger partial charge in [-0.2, -0.15) is 0 Å². The molecular formula is C86H114N2O11. The number of carbonyl (C=O) groups excluding carboxylic acids is 2. The van der Waals surface area contributed by atoms with Crippen molar-refractivity contribution in [3.05, 3.63) is 245 Å². The molecule has 7 aromatic rings. The quantitative estimate of drug-likeness (QED) is 0.0352. The molecule has 1 heterocycles. The third-order valence-corrected chi connectivity index (χ3v) is 18.5. The lowest BCUT2D eigenvalue weighted by Crippen LogP contribution is -2.62. The average molecular weight is 1350 g/mol. The molecule has 1 aliphatic rings. The molecule has 8 atom stereocenters. The summed E-state index contributed by atoms with van der Waals surface area (Å²) in [6, 6.07) is 67.6. The summed E-state index contributed by atoms with van der Waals surface area (Å²) in [5, 5.41) is 6.59. The van der Waals surface area contributed by atoms with E-state index >= 15 is 0 Å². The summed E-state index contributed by atoms with van der Waals surface area (Å²) in [5.74, 6) is 0.596. The highest BCUT2D eigenvalue weighted by atomic mass is 16.7. The first-order valence-corrected chi connectivity index (χ1v) is 37.3. The summed E-state index contributed by atoms with van der Waals surface area (Å²) in [6.45, 7) is 4.92. The van der Waals surface area contributed by atoms with E-state index in [1.165, 1.54) is 57.8 Å². The maximum atomic E-state index is 14.9. The Labute approximate surface area is 592 Å². The summed E-state index contributed by atoms with van der Waals surface area (Å²) in [6.07, 6.45) is 20.1. The van der Waals surface area contributed by atoms with E-state index in [0.29, 0.717) is 45.0 Å². The molecule has 1 saturated heterocycles. The van der Waals surface area contributed by atoms with Gasteiger partial charge in [0, 0.05) is 18.5 Å². The van der Waals surface area contributed by atoms with Crippen molar-refractivity contribution in [2.45, 2.75) is 243 Å². The van der Waals surface area contributed by atoms with Crippen molar-refractivity contribution in [1.82, 2.24) is 10.6 Å². The van der Waals surface area contributed by atoms with E-state index in [-0.39, 0.29) is 38.2 Å². The molecule has 8 rings (SSSR count). The molecule has 0 unspecified atom stereocenters. The van der Waals surface area contributed by atoms with Crippen LogP contribution in [0.1, 0.15) is 198 Å². The molecule has 99 heavy (non-hydrogen) atoms. The second-order valence-electron chi connectivity index (χ2n) is 26.5. The van der Waals surface area contributed by atoms with Gasteiger partial charge < -0.3 is 53.3 Å². The second kappa shape index (κ2) is 47.9. The fourth-order valence-corrected chi connectivity index (χ4v) is 12.8. The monoisotopic (exact) mass is 1350 g/mol. The van der Waals surface area contributed by atoms with Crippen molar-refractivity contribution in [3.63, 3.8) is 0 Å². The molecule has 1 fully saturated rings. The molecule has 0 saturated carbocycles. The van der Waals surface area contributed by atoms with Crippen molar-refractivity contribution in [1.29, 1.82) is 0 Å². The van der Waals surface area contributed by atoms with Crippen LogP contribution in [-0.2, 0) is 82.3 Å². The van der Waals surface area contributed by atoms with Gasteiger partial charge in [-0.15, -0.1) is 0 Å². The van der Waals surface area contributed by atoms with E-state index in [0.717, 1.165) is 123 Å². The summed E-state index contributed by atoms with van der Waals surface area (Å²) in [5.41, 5.74) is 6.71. The Kier molecular flexibility index (Phi) is 37.6. The van der Waals surface area contributed by atoms with E-state index < -0.39 is 49.0 Å². The summed E-state index contributed by atoms with van der Waals surface area (Å²) in [7, 11) is 1.62. The number of benzene rings is 7. The van der Waals surface area contributed by atoms with Gasteiger partial charge in [-0.3, -0.25) is 9.59 Å². The Hall–Kier alpha value is -7.04. The number of methoxy groups -OCH3 is 1. The third-order valence-electron chi connectivity index (χ3n) is 18.5. The van der Waals surface area contributed by atoms with Gasteiger partial charge in [0.1, 0.15) is 36.3 Å². The van der Waals surface area contributed by atoms with Crippen molar-refractivity contribution in [2.24, 2.45) is 0 Å². The molecule has 0 bridgehead atoms. The Balaban J connectivity index is 1.03. The number of unbranched alkanes of at least 4 members (excludes halogenated alkanes) is 19. The Morgan fingerprint density at radius 2 is 0.838 bits per heavy atom. The molecular weight excluding hydrogens is 1240 g/mol. The molecule has 0 spiro atoms. The SMILES string of the molecule is CCCCCCCCCCCCCC[C@@H](OCc1ccccc1)[C@@H](OCc1ccccc1)[C@H](CO[C@H]1O[C@H](COCc2ccccc2)[C@H](OCc2ccccc2)[C@H](OCc2ccccc2)[C@H]1OCc1ccccc1)NC(=O)CCCCCCCCCCCNC(=O)c1ccc(OC)cc1. The minimum Gasteiger partial charge on any atom is -0.497 e. The third kappa shape index (κ3) is 30.4. The molecule has 534 valence electrons. The molecule has 2 amide bonds. The lowest BCUT2D eigenvalue weighted by Gasteiger charge is -2.46. The van der Waals surface area contributed by atoms with E-state index in [9.17, 15) is 9.59 Å². The fourth-order valence-electron chi connectivity index (χ4n) is 12.8. The van der Waals surface area contributed by atoms with Crippen molar-refractivity contribution in [2.75, 3.05) is 26.9 Å². The number of carbonyl (C=O) groups is 2. The largest absolute Gasteiger partial charge is 0.497 e. The number of hydrogen-bond acceptors (Lipinski definition) is 11. The Morgan fingerprint density at radius 1 is 0.424 bits per heavy atom. The highest BCUT2D eigenvalue weighted by Gasteiger charge is 2.50. The zero-order chi connectivity index (χ0) is 68.8. The molecule has 0 aliphatic carbocycles. The van der Waals surface area contributed by atoms with E-state index in [1.807, 2.05) is 109 Å². The maximum Gasteiger partial charge on any atom is 0.251 e. The van der Waals surface area contributed by atoms with Gasteiger partial charge in [-0.05, 0) is 76.9 Å². The zero-order valence-electron chi connectivity index (χ0n) is 59.4. The number of ether oxygens (including phenoxy) is 9. The highest BCUT2D eigenvalue weighted by molar-refractivity contribution is 5.94. The minimum atomic E-state index is -1.03. The summed E-state index contributed by atoms with van der Waals surface area (Å²) >= 11 is 0. The normalized spacial score (nSPS) is 17.0. The Bertz CT molecular complexity index is 3150. The van der Waals surface area contributed by atoms with E-state index in [1.54, 1.807) is 31.4 Å². The van der Waals surface area contributed by atoms with Crippen LogP contribution in [0.25, 0.3) is 0 Å². The van der Waals surface area contributed by atoms with Crippen LogP contribution < -0.4 is 15.4 Å². The van der Waals surface area contributed by atoms with Crippen LogP contribution in [0.5, 0.6) is 5.75 Å². The number of rotatable bonds is 52. The number of nitrogens with one attached hydrogen (secondary N) is 2. The molecule has 0 radical (unpaired) electrons. The van der Waals surface area contributed by atoms with Crippen molar-refractivity contribution < 1.29 is 52.2 Å². The fraction of sp³-hybridized carbons (Fsp3) is 0.488. The summed E-state index contributed by atoms with van der Waals surface area (Å²) in [4.78, 5) is 27.5. The van der Waals surface area contributed by atoms with Crippen LogP contribution in [0.4, 0.5) is 0 Å². The van der Waals surface area contributed by atoms with Crippen LogP contribution in [0.15, 0.2) is 206 Å². The van der Waals surface area contributed by atoms with Gasteiger partial charge in [0.15, 0.2) is 6.29 Å². The van der Waals surface area contributed by atoms with Gasteiger partial charge >= 0.3 is 0 Å². The molecule has 13 nitrogen and oxygen atoms in total. The van der Waals surface area contributed by atoms with Crippen LogP contribution >= 0.6 is 0 Å². The number of amides is 2. The molecule has 1 aliphatic heterocycles. The average Bonchev–Trinajstić information content (AvgIpc) is 0.805. The van der Waals surface area contributed by atoms with E-state index in [2.05, 4.69) is 90.4 Å². The van der Waals surface area contributed by atoms with Crippen LogP contribution in [0.3, 0.4) is 0 Å². The molecule has 7 aromatic carbocycles. The predicted octanol–water partition coefficient (Wildman–Crippen LogP) is 18.8. The van der Waals surface area contributed by atoms with Crippen LogP contribution in [-0.4, -0.2) is 87.6 Å². The van der Waals surface area contributed by atoms with Crippen molar-refractivity contribution in [3.8, 4) is 5.75 Å². The molecule has 13 heteroatoms. The van der Waals surface area contributed by atoms with E-state index in [4.69, 9.17) is 42.6 Å². The Morgan fingerprint density at radius 3 is 1.32 bits per heavy atom. The van der Waals surface area contributed by atoms with Gasteiger partial charge in [0.2, 0.25) is 5.91 Å². The molecule has 2 N–H and O–H groups in total. The number of hydrogen-bond donors (Lipinski definition) is 2. The predicted molar refractivity (Wildman–Crippen MR) is 395 cm³/mol. The maximum absolute atomic E-state index is 14.9. The van der Waals surface area contributed by atoms with Crippen molar-refractivity contribution >= 4 is 11.8 Å². The van der Waals surface area contributed by atoms with Crippen LogP contribution in [0.2, 0.25) is 0 Å². The minimum absolute atomic E-state index is 0.00171. The van der Waals surface area contributed by atoms with Gasteiger partial charge in [0.25, 0.3) is 5.91 Å². The highest BCUT2D eigenvalue weighted by Crippen LogP contribution is 2.33. The van der Waals surface area contributed by atoms with Crippen LogP contribution in [0, 0.1) is 0 Å². The lowest BCUT2D eigenvalue weighted by atomic mass is 9.97. The topological polar surface area (TPSA) is 141 Å². The smallest absolute Gasteiger partial charge is 0.251 e. The zero-order valence-corrected chi connectivity index (χ0v) is 59.4. The van der Waals surface area contributed by atoms with Gasteiger partial charge in [-0.1, -0.05) is 311 Å². The lowest BCUT2D eigenvalue weighted by molar-refractivity contribution is -0.330. The first kappa shape index (κ1) is 77.7. The molecule has 0 aromatic heterocycles. The standard InChI is InChI=1S/C86H114N2O11/c1-3-4-5-6-7-8-9-10-12-15-18-39-54-78(93-62-70-44-29-22-30-45-70)81(94-63-71-46-31-23-32-47-71)77(88-80(89)55-40-19-16-13-11-14-17-20-41-60-87-85(90)75-56-58-76(91-2)59-57-75)67-98-86-84(97-66-74-52-37-26-38-53-74)83(96-65-73-50-35-25-36-51-73)82(95-64-72-48-33-24-34-49-72)79(99-86)68-92-61-69-42-27-21-28-43-69/h21-38,42-53,56-59,77-79,81-84,86H,3-20,39-41,54-55,60-68H2,1-2H3,(H,87,90)(H,88,89)/t77-,78+,79+,81-,82-,83-,84+,86-/m0/s1.